The topological polar surface area (TPSA) is 72.5 Å². The van der Waals surface area contributed by atoms with Crippen LogP contribution in [-0.4, -0.2) is 54.9 Å². The molecule has 3 fully saturated rings. The molecule has 0 aromatic heterocycles. The van der Waals surface area contributed by atoms with E-state index in [9.17, 15) is 4.79 Å². The van der Waals surface area contributed by atoms with Gasteiger partial charge in [-0.05, 0) is 40.5 Å². The summed E-state index contributed by atoms with van der Waals surface area (Å²) in [6, 6.07) is 0. The highest BCUT2D eigenvalue weighted by Gasteiger charge is 2.60. The van der Waals surface area contributed by atoms with Crippen LogP contribution in [0.2, 0.25) is 0 Å². The zero-order valence-corrected chi connectivity index (χ0v) is 18.1. The fourth-order valence-electron chi connectivity index (χ4n) is 4.22. The largest absolute Gasteiger partial charge is 0.456 e. The zero-order valence-electron chi connectivity index (χ0n) is 18.1. The lowest BCUT2D eigenvalue weighted by molar-refractivity contribution is -0.236. The lowest BCUT2D eigenvalue weighted by Crippen LogP contribution is -2.45. The van der Waals surface area contributed by atoms with Gasteiger partial charge in [0.2, 0.25) is 0 Å². The number of hydrogen-bond donors (Lipinski definition) is 0. The maximum absolute atomic E-state index is 13.0. The highest BCUT2D eigenvalue weighted by molar-refractivity contribution is 5.72. The molecule has 3 aliphatic rings. The predicted octanol–water partition coefficient (Wildman–Crippen LogP) is 3.53. The number of ether oxygens (including phenoxy) is 6. The predicted molar refractivity (Wildman–Crippen MR) is 101 cm³/mol. The van der Waals surface area contributed by atoms with Crippen molar-refractivity contribution >= 4 is 5.97 Å². The van der Waals surface area contributed by atoms with Gasteiger partial charge in [-0.3, -0.25) is 4.79 Å². The third-order valence-electron chi connectivity index (χ3n) is 5.55. The monoisotopic (exact) mass is 400 g/mol. The maximum atomic E-state index is 13.0. The molecule has 28 heavy (non-hydrogen) atoms. The van der Waals surface area contributed by atoms with Crippen LogP contribution in [0, 0.1) is 5.92 Å². The summed E-state index contributed by atoms with van der Waals surface area (Å²) in [5.41, 5.74) is 0. The van der Waals surface area contributed by atoms with Crippen molar-refractivity contribution in [3.63, 3.8) is 0 Å². The minimum absolute atomic E-state index is 0.0998. The van der Waals surface area contributed by atoms with Gasteiger partial charge in [0.25, 0.3) is 0 Å². The summed E-state index contributed by atoms with van der Waals surface area (Å²) in [7, 11) is 0. The molecule has 0 aromatic rings. The smallest absolute Gasteiger partial charge is 0.309 e. The van der Waals surface area contributed by atoms with Crippen LogP contribution in [-0.2, 0) is 33.2 Å². The van der Waals surface area contributed by atoms with E-state index in [0.29, 0.717) is 6.61 Å². The second-order valence-corrected chi connectivity index (χ2v) is 8.97. The van der Waals surface area contributed by atoms with Gasteiger partial charge >= 0.3 is 5.97 Å². The van der Waals surface area contributed by atoms with E-state index in [2.05, 4.69) is 13.8 Å². The third-order valence-corrected chi connectivity index (χ3v) is 5.55. The molecule has 6 atom stereocenters. The first-order chi connectivity index (χ1) is 13.2. The minimum atomic E-state index is -0.776. The molecule has 7 heteroatoms. The molecule has 3 aliphatic heterocycles. The van der Waals surface area contributed by atoms with E-state index in [1.165, 1.54) is 0 Å². The van der Waals surface area contributed by atoms with Crippen LogP contribution in [0.4, 0.5) is 0 Å². The molecular weight excluding hydrogens is 364 g/mol. The van der Waals surface area contributed by atoms with E-state index in [1.54, 1.807) is 0 Å². The summed E-state index contributed by atoms with van der Waals surface area (Å²) in [5.74, 6) is -1.74. The van der Waals surface area contributed by atoms with Crippen molar-refractivity contribution in [2.24, 2.45) is 5.92 Å². The maximum Gasteiger partial charge on any atom is 0.309 e. The number of carbonyl (C=O) groups is 1. The zero-order chi connectivity index (χ0) is 20.5. The molecule has 162 valence electrons. The summed E-state index contributed by atoms with van der Waals surface area (Å²) in [6.45, 7) is 12.0. The standard InChI is InChI=1S/C21H36O7/c1-7-9-11-13(10-8-2)18(22)24-16-15(14-12-23-20(3,4)26-14)25-19-17(16)27-21(5,6)28-19/h13-17,19H,7-12H2,1-6H3/t13-,14+,15+,16-,17+,19+/m0/s1. The van der Waals surface area contributed by atoms with Crippen molar-refractivity contribution in [2.45, 2.75) is 116 Å². The lowest BCUT2D eigenvalue weighted by atomic mass is 9.97. The summed E-state index contributed by atoms with van der Waals surface area (Å²) >= 11 is 0. The minimum Gasteiger partial charge on any atom is -0.456 e. The highest BCUT2D eigenvalue weighted by atomic mass is 16.8. The fraction of sp³-hybridized carbons (Fsp3) is 0.952. The average molecular weight is 401 g/mol. The van der Waals surface area contributed by atoms with Crippen molar-refractivity contribution in [3.8, 4) is 0 Å². The van der Waals surface area contributed by atoms with Crippen molar-refractivity contribution in [1.29, 1.82) is 0 Å². The Morgan fingerprint density at radius 2 is 1.75 bits per heavy atom. The third kappa shape index (κ3) is 4.87. The van der Waals surface area contributed by atoms with Crippen LogP contribution in [0.5, 0.6) is 0 Å². The summed E-state index contributed by atoms with van der Waals surface area (Å²) in [6.07, 6.45) is 2.23. The van der Waals surface area contributed by atoms with Gasteiger partial charge < -0.3 is 28.4 Å². The number of rotatable bonds is 8. The van der Waals surface area contributed by atoms with Gasteiger partial charge in [0.1, 0.15) is 12.2 Å². The number of hydrogen-bond acceptors (Lipinski definition) is 7. The van der Waals surface area contributed by atoms with Gasteiger partial charge in [0.15, 0.2) is 30.1 Å². The van der Waals surface area contributed by atoms with Crippen LogP contribution in [0.1, 0.15) is 73.6 Å². The summed E-state index contributed by atoms with van der Waals surface area (Å²) in [5, 5.41) is 0. The second-order valence-electron chi connectivity index (χ2n) is 8.97. The van der Waals surface area contributed by atoms with Crippen LogP contribution in [0.3, 0.4) is 0 Å². The SMILES string of the molecule is CCCC[C@H](CCC)C(=O)O[C@@H]1[C@H]2OC(C)(C)O[C@H]2O[C@@H]1[C@H]1COC(C)(C)O1. The van der Waals surface area contributed by atoms with Gasteiger partial charge in [-0.1, -0.05) is 33.1 Å². The van der Waals surface area contributed by atoms with Gasteiger partial charge in [0, 0.05) is 0 Å². The number of fused-ring (bicyclic) bond motifs is 1. The van der Waals surface area contributed by atoms with Crippen LogP contribution in [0.25, 0.3) is 0 Å². The van der Waals surface area contributed by atoms with Crippen LogP contribution >= 0.6 is 0 Å². The van der Waals surface area contributed by atoms with E-state index in [1.807, 2.05) is 27.7 Å². The molecular formula is C21H36O7. The number of unbranched alkanes of at least 4 members (excludes halogenated alkanes) is 1. The highest BCUT2D eigenvalue weighted by Crippen LogP contribution is 2.42. The van der Waals surface area contributed by atoms with Crippen molar-refractivity contribution in [3.05, 3.63) is 0 Å². The first-order valence-corrected chi connectivity index (χ1v) is 10.7. The molecule has 7 nitrogen and oxygen atoms in total. The number of esters is 1. The quantitative estimate of drug-likeness (QED) is 0.577. The Bertz CT molecular complexity index is 547. The summed E-state index contributed by atoms with van der Waals surface area (Å²) < 4.78 is 35.7. The number of carbonyl (C=O) groups excluding carboxylic acids is 1. The van der Waals surface area contributed by atoms with Gasteiger partial charge in [-0.15, -0.1) is 0 Å². The van der Waals surface area contributed by atoms with E-state index in [-0.39, 0.29) is 18.0 Å². The normalized spacial score (nSPS) is 37.0. The molecule has 0 amide bonds. The van der Waals surface area contributed by atoms with Gasteiger partial charge in [-0.25, -0.2) is 0 Å². The van der Waals surface area contributed by atoms with E-state index in [4.69, 9.17) is 28.4 Å². The molecule has 0 saturated carbocycles. The average Bonchev–Trinajstić information content (AvgIpc) is 3.21. The molecule has 3 saturated heterocycles. The Morgan fingerprint density at radius 3 is 2.36 bits per heavy atom. The molecule has 3 rings (SSSR count). The van der Waals surface area contributed by atoms with E-state index >= 15 is 0 Å². The molecule has 0 spiro atoms. The van der Waals surface area contributed by atoms with E-state index in [0.717, 1.165) is 32.1 Å². The van der Waals surface area contributed by atoms with Crippen LogP contribution in [0.15, 0.2) is 0 Å². The lowest BCUT2D eigenvalue weighted by Gasteiger charge is -2.29. The Labute approximate surface area is 168 Å². The molecule has 0 bridgehead atoms. The van der Waals surface area contributed by atoms with Gasteiger partial charge in [-0.2, -0.15) is 0 Å². The Kier molecular flexibility index (Phi) is 6.72. The van der Waals surface area contributed by atoms with Gasteiger partial charge in [0.05, 0.1) is 12.5 Å². The molecule has 0 unspecified atom stereocenters. The van der Waals surface area contributed by atoms with Crippen molar-refractivity contribution in [1.82, 2.24) is 0 Å². The Morgan fingerprint density at radius 1 is 1.00 bits per heavy atom. The fourth-order valence-corrected chi connectivity index (χ4v) is 4.22. The molecule has 0 N–H and O–H groups in total. The molecule has 3 heterocycles. The van der Waals surface area contributed by atoms with Crippen LogP contribution < -0.4 is 0 Å². The summed E-state index contributed by atoms with van der Waals surface area (Å²) in [4.78, 5) is 13.0. The first-order valence-electron chi connectivity index (χ1n) is 10.7. The van der Waals surface area contributed by atoms with Crippen molar-refractivity contribution < 1.29 is 33.2 Å². The second kappa shape index (κ2) is 8.56. The van der Waals surface area contributed by atoms with Crippen molar-refractivity contribution in [2.75, 3.05) is 6.61 Å². The van der Waals surface area contributed by atoms with E-state index < -0.39 is 36.2 Å². The first kappa shape index (κ1) is 22.0. The Hall–Kier alpha value is -0.730. The Balaban J connectivity index is 1.73. The molecule has 0 aromatic carbocycles. The molecule has 0 radical (unpaired) electrons. The molecule has 0 aliphatic carbocycles.